The Kier molecular flexibility index (Phi) is 5.67. The third kappa shape index (κ3) is 3.68. The first-order chi connectivity index (χ1) is 16.3. The molecule has 0 amide bonds. The van der Waals surface area contributed by atoms with Gasteiger partial charge in [0, 0.05) is 43.4 Å². The summed E-state index contributed by atoms with van der Waals surface area (Å²) >= 11 is 0. The molecule has 2 fully saturated rings. The van der Waals surface area contributed by atoms with Crippen LogP contribution >= 0.6 is 0 Å². The Labute approximate surface area is 198 Å². The second-order valence-corrected chi connectivity index (χ2v) is 9.69. The summed E-state index contributed by atoms with van der Waals surface area (Å²) in [5, 5.41) is 3.83. The third-order valence-electron chi connectivity index (χ3n) is 7.80. The topological polar surface area (TPSA) is 92.3 Å². The fourth-order valence-corrected chi connectivity index (χ4v) is 5.39. The molecule has 8 nitrogen and oxygen atoms in total. The molecule has 1 aliphatic heterocycles. The molecule has 0 radical (unpaired) electrons. The highest BCUT2D eigenvalue weighted by Crippen LogP contribution is 2.47. The maximum atomic E-state index is 15.0. The Bertz CT molecular complexity index is 1280. The van der Waals surface area contributed by atoms with Crippen LogP contribution in [0.2, 0.25) is 0 Å². The average Bonchev–Trinajstić information content (AvgIpc) is 2.82. The van der Waals surface area contributed by atoms with Gasteiger partial charge >= 0.3 is 0 Å². The molecular weight excluding hydrogens is 433 g/mol. The van der Waals surface area contributed by atoms with Crippen molar-refractivity contribution in [2.45, 2.75) is 38.6 Å². The summed E-state index contributed by atoms with van der Waals surface area (Å²) < 4.78 is 16.7. The van der Waals surface area contributed by atoms with E-state index in [-0.39, 0.29) is 22.6 Å². The van der Waals surface area contributed by atoms with Gasteiger partial charge in [-0.3, -0.25) is 9.36 Å². The summed E-state index contributed by atoms with van der Waals surface area (Å²) in [7, 11) is 2.08. The zero-order valence-corrected chi connectivity index (χ0v) is 20.0. The quantitative estimate of drug-likeness (QED) is 0.595. The van der Waals surface area contributed by atoms with Crippen molar-refractivity contribution in [2.75, 3.05) is 49.2 Å². The number of halogens is 1. The number of nitrogens with zero attached hydrogens (tertiary/aromatic N) is 5. The van der Waals surface area contributed by atoms with Crippen molar-refractivity contribution in [3.05, 3.63) is 46.6 Å². The summed E-state index contributed by atoms with van der Waals surface area (Å²) in [6.07, 6.45) is 4.46. The molecule has 5 rings (SSSR count). The first-order valence-corrected chi connectivity index (χ1v) is 12.0. The molecule has 9 heteroatoms. The smallest absolute Gasteiger partial charge is 0.275 e. The minimum atomic E-state index is -0.299. The van der Waals surface area contributed by atoms with Crippen LogP contribution in [-0.2, 0) is 5.54 Å². The van der Waals surface area contributed by atoms with Crippen LogP contribution in [0.15, 0.2) is 35.3 Å². The van der Waals surface area contributed by atoms with Crippen LogP contribution in [-0.4, -0.2) is 52.7 Å². The number of nitrogens with two attached hydrogens (primary N) is 1. The third-order valence-corrected chi connectivity index (χ3v) is 7.80. The summed E-state index contributed by atoms with van der Waals surface area (Å²) in [6.45, 7) is 7.68. The van der Waals surface area contributed by atoms with Crippen LogP contribution in [0.25, 0.3) is 11.0 Å². The molecule has 3 heterocycles. The number of likely N-dealkylation sites (N-methyl/N-ethyl adjacent to an activating group) is 1. The number of aromatic nitrogens is 3. The summed E-state index contributed by atoms with van der Waals surface area (Å²) in [6, 6.07) is 6.73. The number of benzene rings is 1. The van der Waals surface area contributed by atoms with Gasteiger partial charge in [0.05, 0.1) is 16.9 Å². The van der Waals surface area contributed by atoms with E-state index in [0.29, 0.717) is 34.3 Å². The Balaban J connectivity index is 1.48. The van der Waals surface area contributed by atoms with Gasteiger partial charge in [0.15, 0.2) is 0 Å². The molecule has 2 atom stereocenters. The highest BCUT2D eigenvalue weighted by Gasteiger charge is 2.46. The van der Waals surface area contributed by atoms with Gasteiger partial charge in [-0.15, -0.1) is 0 Å². The number of hydrogen-bond donors (Lipinski definition) is 2. The number of hydrogen-bond acceptors (Lipinski definition) is 7. The molecule has 3 N–H and O–H groups in total. The lowest BCUT2D eigenvalue weighted by Crippen LogP contribution is -2.52. The SMILES string of the molecule is CCC1(n2c(=O)c(N)cc3cnc(Nc4ccc(N5CCN(C)CC5)c(F)c4)nc32)CC[C@H]1C. The van der Waals surface area contributed by atoms with E-state index in [1.165, 1.54) is 6.07 Å². The number of nitrogens with one attached hydrogen (secondary N) is 1. The maximum Gasteiger partial charge on any atom is 0.275 e. The number of piperazine rings is 1. The minimum Gasteiger partial charge on any atom is -0.394 e. The molecule has 1 aliphatic carbocycles. The lowest BCUT2D eigenvalue weighted by atomic mass is 9.65. The molecule has 0 bridgehead atoms. The summed E-state index contributed by atoms with van der Waals surface area (Å²) in [5.41, 5.74) is 7.47. The van der Waals surface area contributed by atoms with E-state index >= 15 is 0 Å². The standard InChI is InChI=1S/C25H32FN7O/c1-4-25(8-7-16(25)2)33-22-17(13-20(27)23(33)34)15-28-24(30-22)29-18-5-6-21(19(26)14-18)32-11-9-31(3)10-12-32/h5-6,13-16H,4,7-12,27H2,1-3H3,(H,28,29,30)/t16-,25?/m1/s1. The van der Waals surface area contributed by atoms with E-state index in [4.69, 9.17) is 10.7 Å². The highest BCUT2D eigenvalue weighted by atomic mass is 19.1. The molecule has 1 unspecified atom stereocenters. The molecule has 3 aromatic rings. The molecular formula is C25H32FN7O. The monoisotopic (exact) mass is 465 g/mol. The van der Waals surface area contributed by atoms with E-state index in [9.17, 15) is 9.18 Å². The summed E-state index contributed by atoms with van der Waals surface area (Å²) in [5.74, 6) is 0.381. The van der Waals surface area contributed by atoms with Crippen molar-refractivity contribution in [1.82, 2.24) is 19.4 Å². The van der Waals surface area contributed by atoms with Crippen LogP contribution < -0.4 is 21.5 Å². The average molecular weight is 466 g/mol. The Morgan fingerprint density at radius 3 is 2.62 bits per heavy atom. The number of nitrogen functional groups attached to an aromatic ring is 1. The van der Waals surface area contributed by atoms with Crippen LogP contribution in [0.1, 0.15) is 33.1 Å². The van der Waals surface area contributed by atoms with Gasteiger partial charge in [0.25, 0.3) is 5.56 Å². The second-order valence-electron chi connectivity index (χ2n) is 9.69. The van der Waals surface area contributed by atoms with Crippen molar-refractivity contribution in [3.63, 3.8) is 0 Å². The van der Waals surface area contributed by atoms with Crippen LogP contribution in [0, 0.1) is 11.7 Å². The molecule has 180 valence electrons. The van der Waals surface area contributed by atoms with E-state index in [1.54, 1.807) is 22.9 Å². The molecule has 1 saturated heterocycles. The largest absolute Gasteiger partial charge is 0.394 e. The zero-order chi connectivity index (χ0) is 24.0. The molecule has 1 aromatic carbocycles. The first kappa shape index (κ1) is 22.6. The second kappa shape index (κ2) is 8.54. The van der Waals surface area contributed by atoms with Gasteiger partial charge in [-0.1, -0.05) is 13.8 Å². The number of rotatable bonds is 5. The number of pyridine rings is 1. The Hall–Kier alpha value is -3.20. The van der Waals surface area contributed by atoms with Gasteiger partial charge in [0.1, 0.15) is 11.5 Å². The van der Waals surface area contributed by atoms with E-state index in [2.05, 4.69) is 41.0 Å². The lowest BCUT2D eigenvalue weighted by molar-refractivity contribution is 0.0522. The lowest BCUT2D eigenvalue weighted by Gasteiger charge is -2.49. The number of anilines is 4. The fraction of sp³-hybridized carbons (Fsp3) is 0.480. The van der Waals surface area contributed by atoms with Gasteiger partial charge in [-0.2, -0.15) is 4.98 Å². The van der Waals surface area contributed by atoms with Crippen molar-refractivity contribution >= 4 is 34.0 Å². The minimum absolute atomic E-state index is 0.199. The van der Waals surface area contributed by atoms with Gasteiger partial charge in [-0.25, -0.2) is 9.37 Å². The van der Waals surface area contributed by atoms with Crippen molar-refractivity contribution in [3.8, 4) is 0 Å². The maximum absolute atomic E-state index is 15.0. The van der Waals surface area contributed by atoms with E-state index < -0.39 is 0 Å². The van der Waals surface area contributed by atoms with E-state index in [0.717, 1.165) is 45.4 Å². The van der Waals surface area contributed by atoms with Crippen LogP contribution in [0.5, 0.6) is 0 Å². The van der Waals surface area contributed by atoms with Crippen molar-refractivity contribution in [2.24, 2.45) is 5.92 Å². The van der Waals surface area contributed by atoms with E-state index in [1.807, 2.05) is 6.07 Å². The van der Waals surface area contributed by atoms with Crippen LogP contribution in [0.4, 0.5) is 27.4 Å². The van der Waals surface area contributed by atoms with Gasteiger partial charge in [-0.05, 0) is 56.5 Å². The number of fused-ring (bicyclic) bond motifs is 1. The fourth-order valence-electron chi connectivity index (χ4n) is 5.39. The normalized spacial score (nSPS) is 23.2. The Morgan fingerprint density at radius 1 is 1.24 bits per heavy atom. The van der Waals surface area contributed by atoms with Gasteiger partial charge < -0.3 is 20.9 Å². The zero-order valence-electron chi connectivity index (χ0n) is 20.0. The van der Waals surface area contributed by atoms with Crippen molar-refractivity contribution in [1.29, 1.82) is 0 Å². The predicted molar refractivity (Wildman–Crippen MR) is 134 cm³/mol. The summed E-state index contributed by atoms with van der Waals surface area (Å²) in [4.78, 5) is 26.6. The predicted octanol–water partition coefficient (Wildman–Crippen LogP) is 3.54. The highest BCUT2D eigenvalue weighted by molar-refractivity contribution is 5.79. The van der Waals surface area contributed by atoms with Crippen molar-refractivity contribution < 1.29 is 4.39 Å². The van der Waals surface area contributed by atoms with Gasteiger partial charge in [0.2, 0.25) is 5.95 Å². The Morgan fingerprint density at radius 2 is 2.00 bits per heavy atom. The first-order valence-electron chi connectivity index (χ1n) is 12.0. The molecule has 2 aromatic heterocycles. The molecule has 2 aliphatic rings. The molecule has 1 saturated carbocycles. The van der Waals surface area contributed by atoms with Crippen LogP contribution in [0.3, 0.4) is 0 Å². The molecule has 0 spiro atoms. The molecule has 34 heavy (non-hydrogen) atoms.